The van der Waals surface area contributed by atoms with Gasteiger partial charge in [-0.2, -0.15) is 5.10 Å². The SMILES string of the molecule is CC(C)CCCC[C@@H]1CCC[C@H]2C/C(=N\Nc3ccc([N+](=O)[O-])cc3[N+](=O)[O-])[C@@H](CC(=O)O)C[C@H]12. The monoisotopic (exact) mass is 488 g/mol. The minimum absolute atomic E-state index is 0.0217. The minimum atomic E-state index is -0.883. The largest absolute Gasteiger partial charge is 0.481 e. The number of nitrogens with zero attached hydrogens (tertiary/aromatic N) is 3. The standard InChI is InChI=1S/C25H36N4O6/c1-16(2)6-3-4-7-17-8-5-9-18-13-23(19(12-21(17)18)14-25(30)31)27-26-22-11-10-20(28(32)33)15-24(22)29(34)35/h10-11,15-19,21,26H,3-9,12-14H2,1-2H3,(H,30,31)/b27-23+/t17-,18+,19-,21-/m1/s1. The van der Waals surface area contributed by atoms with Gasteiger partial charge in [0.1, 0.15) is 5.69 Å². The molecule has 10 nitrogen and oxygen atoms in total. The van der Waals surface area contributed by atoms with Gasteiger partial charge >= 0.3 is 11.7 Å². The average Bonchev–Trinajstić information content (AvgIpc) is 2.79. The third-order valence-corrected chi connectivity index (χ3v) is 7.60. The first-order valence-electron chi connectivity index (χ1n) is 12.6. The first-order valence-corrected chi connectivity index (χ1v) is 12.6. The third kappa shape index (κ3) is 7.22. The molecule has 35 heavy (non-hydrogen) atoms. The van der Waals surface area contributed by atoms with E-state index in [2.05, 4.69) is 24.4 Å². The lowest BCUT2D eigenvalue weighted by Crippen LogP contribution is -2.39. The van der Waals surface area contributed by atoms with E-state index in [1.807, 2.05) is 0 Å². The van der Waals surface area contributed by atoms with E-state index >= 15 is 0 Å². The van der Waals surface area contributed by atoms with Gasteiger partial charge in [0.2, 0.25) is 0 Å². The number of non-ortho nitro benzene ring substituents is 1. The van der Waals surface area contributed by atoms with Crippen LogP contribution in [0.1, 0.15) is 78.1 Å². The van der Waals surface area contributed by atoms with Crippen LogP contribution in [0.3, 0.4) is 0 Å². The summed E-state index contributed by atoms with van der Waals surface area (Å²) in [5.41, 5.74) is 2.69. The quantitative estimate of drug-likeness (QED) is 0.208. The highest BCUT2D eigenvalue weighted by Crippen LogP contribution is 2.47. The van der Waals surface area contributed by atoms with Gasteiger partial charge in [-0.05, 0) is 49.0 Å². The summed E-state index contributed by atoms with van der Waals surface area (Å²) in [6, 6.07) is 3.36. The number of carboxylic acid groups (broad SMARTS) is 1. The highest BCUT2D eigenvalue weighted by atomic mass is 16.6. The molecule has 2 aliphatic carbocycles. The van der Waals surface area contributed by atoms with E-state index < -0.39 is 21.5 Å². The Balaban J connectivity index is 1.76. The zero-order valence-corrected chi connectivity index (χ0v) is 20.5. The molecule has 0 aliphatic heterocycles. The number of rotatable bonds is 11. The van der Waals surface area contributed by atoms with Crippen LogP contribution in [0.25, 0.3) is 0 Å². The Kier molecular flexibility index (Phi) is 9.17. The molecule has 192 valence electrons. The number of carboxylic acids is 1. The Morgan fingerprint density at radius 1 is 1.20 bits per heavy atom. The van der Waals surface area contributed by atoms with Crippen LogP contribution in [0.2, 0.25) is 0 Å². The van der Waals surface area contributed by atoms with Crippen LogP contribution in [0, 0.1) is 49.8 Å². The molecule has 0 saturated heterocycles. The van der Waals surface area contributed by atoms with Gasteiger partial charge in [-0.3, -0.25) is 30.4 Å². The number of unbranched alkanes of at least 4 members (excludes halogenated alkanes) is 1. The van der Waals surface area contributed by atoms with Crippen LogP contribution >= 0.6 is 0 Å². The van der Waals surface area contributed by atoms with E-state index in [1.54, 1.807) is 0 Å². The van der Waals surface area contributed by atoms with Gasteiger partial charge in [-0.25, -0.2) is 0 Å². The number of anilines is 1. The summed E-state index contributed by atoms with van der Waals surface area (Å²) < 4.78 is 0. The fraction of sp³-hybridized carbons (Fsp3) is 0.680. The third-order valence-electron chi connectivity index (χ3n) is 7.60. The molecular formula is C25H36N4O6. The van der Waals surface area contributed by atoms with E-state index in [1.165, 1.54) is 44.2 Å². The van der Waals surface area contributed by atoms with Crippen molar-refractivity contribution in [1.82, 2.24) is 0 Å². The number of nitro groups is 2. The van der Waals surface area contributed by atoms with Gasteiger partial charge in [0.05, 0.1) is 22.3 Å². The summed E-state index contributed by atoms with van der Waals surface area (Å²) in [4.78, 5) is 32.7. The van der Waals surface area contributed by atoms with Crippen LogP contribution < -0.4 is 5.43 Å². The Morgan fingerprint density at radius 3 is 2.63 bits per heavy atom. The van der Waals surface area contributed by atoms with Crippen molar-refractivity contribution in [3.63, 3.8) is 0 Å². The summed E-state index contributed by atoms with van der Waals surface area (Å²) in [6.07, 6.45) is 9.74. The number of nitro benzene ring substituents is 2. The molecule has 0 unspecified atom stereocenters. The van der Waals surface area contributed by atoms with E-state index in [9.17, 15) is 30.1 Å². The first-order chi connectivity index (χ1) is 16.7. The normalized spacial score (nSPS) is 25.3. The second-order valence-corrected chi connectivity index (χ2v) is 10.5. The molecule has 2 fully saturated rings. The van der Waals surface area contributed by atoms with Crippen molar-refractivity contribution in [3.05, 3.63) is 38.4 Å². The van der Waals surface area contributed by atoms with Gasteiger partial charge in [-0.1, -0.05) is 52.4 Å². The molecule has 3 rings (SSSR count). The predicted molar refractivity (Wildman–Crippen MR) is 133 cm³/mol. The summed E-state index contributed by atoms with van der Waals surface area (Å²) in [7, 11) is 0. The minimum Gasteiger partial charge on any atom is -0.481 e. The number of hydrogen-bond acceptors (Lipinski definition) is 7. The van der Waals surface area contributed by atoms with Gasteiger partial charge in [0.25, 0.3) is 5.69 Å². The Bertz CT molecular complexity index is 963. The van der Waals surface area contributed by atoms with Gasteiger partial charge in [0.15, 0.2) is 0 Å². The summed E-state index contributed by atoms with van der Waals surface area (Å²) in [5, 5.41) is 36.4. The Hall–Kier alpha value is -3.04. The second kappa shape index (κ2) is 12.1. The molecule has 2 saturated carbocycles. The van der Waals surface area contributed by atoms with Crippen LogP contribution in [0.4, 0.5) is 17.1 Å². The molecule has 0 spiro atoms. The molecule has 10 heteroatoms. The molecule has 0 amide bonds. The zero-order valence-electron chi connectivity index (χ0n) is 20.5. The van der Waals surface area contributed by atoms with Crippen LogP contribution in [0.15, 0.2) is 23.3 Å². The molecular weight excluding hydrogens is 452 g/mol. The summed E-state index contributed by atoms with van der Waals surface area (Å²) >= 11 is 0. The highest BCUT2D eigenvalue weighted by molar-refractivity contribution is 5.91. The van der Waals surface area contributed by atoms with E-state index in [0.717, 1.165) is 31.0 Å². The van der Waals surface area contributed by atoms with Gasteiger partial charge in [-0.15, -0.1) is 0 Å². The van der Waals surface area contributed by atoms with E-state index in [4.69, 9.17) is 0 Å². The molecule has 0 bridgehead atoms. The number of benzene rings is 1. The Labute approximate surface area is 205 Å². The van der Waals surface area contributed by atoms with Crippen molar-refractivity contribution >= 4 is 28.7 Å². The summed E-state index contributed by atoms with van der Waals surface area (Å²) in [6.45, 7) is 4.49. The van der Waals surface area contributed by atoms with Crippen LogP contribution in [-0.2, 0) is 4.79 Å². The smallest absolute Gasteiger partial charge is 0.304 e. The van der Waals surface area contributed by atoms with Crippen molar-refractivity contribution in [3.8, 4) is 0 Å². The van der Waals surface area contributed by atoms with Crippen LogP contribution in [-0.4, -0.2) is 26.6 Å². The lowest BCUT2D eigenvalue weighted by atomic mass is 9.61. The lowest BCUT2D eigenvalue weighted by molar-refractivity contribution is -0.393. The van der Waals surface area contributed by atoms with Gasteiger partial charge in [0, 0.05) is 17.7 Å². The number of hydrogen-bond donors (Lipinski definition) is 2. The van der Waals surface area contributed by atoms with Crippen molar-refractivity contribution in [1.29, 1.82) is 0 Å². The number of nitrogens with one attached hydrogen (secondary N) is 1. The number of carbonyl (C=O) groups is 1. The molecule has 2 N–H and O–H groups in total. The zero-order chi connectivity index (χ0) is 25.5. The maximum Gasteiger partial charge on any atom is 0.304 e. The fourth-order valence-corrected chi connectivity index (χ4v) is 5.87. The molecule has 0 radical (unpaired) electrons. The lowest BCUT2D eigenvalue weighted by Gasteiger charge is -2.44. The summed E-state index contributed by atoms with van der Waals surface area (Å²) in [5.74, 6) is 1.14. The van der Waals surface area contributed by atoms with E-state index in [-0.39, 0.29) is 23.7 Å². The first kappa shape index (κ1) is 26.6. The number of fused-ring (bicyclic) bond motifs is 1. The molecule has 1 aromatic rings. The van der Waals surface area contributed by atoms with Crippen molar-refractivity contribution in [2.75, 3.05) is 5.43 Å². The average molecular weight is 489 g/mol. The molecule has 0 heterocycles. The second-order valence-electron chi connectivity index (χ2n) is 10.5. The van der Waals surface area contributed by atoms with Crippen molar-refractivity contribution in [2.24, 2.45) is 34.7 Å². The van der Waals surface area contributed by atoms with E-state index in [0.29, 0.717) is 30.1 Å². The maximum absolute atomic E-state index is 11.6. The van der Waals surface area contributed by atoms with Gasteiger partial charge < -0.3 is 5.11 Å². The number of hydrazone groups is 1. The Morgan fingerprint density at radius 2 is 1.97 bits per heavy atom. The van der Waals surface area contributed by atoms with Crippen molar-refractivity contribution in [2.45, 2.75) is 78.1 Å². The van der Waals surface area contributed by atoms with Crippen molar-refractivity contribution < 1.29 is 19.7 Å². The van der Waals surface area contributed by atoms with Crippen LogP contribution in [0.5, 0.6) is 0 Å². The molecule has 1 aromatic carbocycles. The fourth-order valence-electron chi connectivity index (χ4n) is 5.87. The molecule has 0 aromatic heterocycles. The highest BCUT2D eigenvalue weighted by Gasteiger charge is 2.41. The topological polar surface area (TPSA) is 148 Å². The number of aliphatic carboxylic acids is 1. The maximum atomic E-state index is 11.6. The predicted octanol–water partition coefficient (Wildman–Crippen LogP) is 6.40. The molecule has 2 aliphatic rings. The molecule has 4 atom stereocenters.